The van der Waals surface area contributed by atoms with Crippen LogP contribution in [0.1, 0.15) is 29.4 Å². The lowest BCUT2D eigenvalue weighted by Gasteiger charge is -2.46. The van der Waals surface area contributed by atoms with Crippen LogP contribution >= 0.6 is 0 Å². The van der Waals surface area contributed by atoms with E-state index in [-0.39, 0.29) is 30.4 Å². The molecule has 7 heteroatoms. The van der Waals surface area contributed by atoms with Crippen LogP contribution in [0.4, 0.5) is 0 Å². The fourth-order valence-corrected chi connectivity index (χ4v) is 5.15. The molecule has 3 aliphatic rings. The van der Waals surface area contributed by atoms with E-state index in [0.717, 1.165) is 11.6 Å². The Morgan fingerprint density at radius 2 is 2.00 bits per heavy atom. The van der Waals surface area contributed by atoms with Gasteiger partial charge in [-0.15, -0.1) is 6.58 Å². The molecule has 6 nitrogen and oxygen atoms in total. The molecule has 1 saturated carbocycles. The summed E-state index contributed by atoms with van der Waals surface area (Å²) in [7, 11) is -1.37. The van der Waals surface area contributed by atoms with Gasteiger partial charge in [0.05, 0.1) is 24.4 Å². The molecule has 0 unspecified atom stereocenters. The number of Topliss-reactive ketones (excluding diaryl/α,β-unsaturated/α-hetero) is 1. The van der Waals surface area contributed by atoms with Gasteiger partial charge in [-0.3, -0.25) is 14.4 Å². The first-order valence-corrected chi connectivity index (χ1v) is 13.8. The number of fused-ring (bicyclic) bond motifs is 2. The summed E-state index contributed by atoms with van der Waals surface area (Å²) in [4.78, 5) is 38.8. The van der Waals surface area contributed by atoms with Crippen LogP contribution in [0.3, 0.4) is 0 Å². The van der Waals surface area contributed by atoms with Crippen molar-refractivity contribution < 1.29 is 24.2 Å². The van der Waals surface area contributed by atoms with E-state index >= 15 is 0 Å². The number of phenolic OH excluding ortho intramolecular Hbond substituents is 1. The van der Waals surface area contributed by atoms with E-state index in [1.165, 1.54) is 0 Å². The van der Waals surface area contributed by atoms with Crippen molar-refractivity contribution in [3.8, 4) is 5.75 Å². The number of carbonyl (C=O) groups is 3. The van der Waals surface area contributed by atoms with Crippen LogP contribution in [0, 0.1) is 11.8 Å². The third kappa shape index (κ3) is 4.29. The van der Waals surface area contributed by atoms with Crippen LogP contribution in [0.2, 0.25) is 25.7 Å². The van der Waals surface area contributed by atoms with Crippen molar-refractivity contribution in [3.63, 3.8) is 0 Å². The second kappa shape index (κ2) is 8.14. The minimum absolute atomic E-state index is 0.0450. The maximum absolute atomic E-state index is 13.1. The molecule has 0 saturated heterocycles. The van der Waals surface area contributed by atoms with Gasteiger partial charge in [0, 0.05) is 27.0 Å². The number of ketones is 1. The Labute approximate surface area is 172 Å². The summed E-state index contributed by atoms with van der Waals surface area (Å²) in [5.74, 6) is -3.50. The van der Waals surface area contributed by atoms with Gasteiger partial charge in [-0.25, -0.2) is 0 Å². The van der Waals surface area contributed by atoms with E-state index in [9.17, 15) is 19.5 Å². The first kappa shape index (κ1) is 21.3. The number of benzene rings is 1. The normalized spacial score (nSPS) is 25.3. The molecular formula is C22H29NO5Si. The average molecular weight is 416 g/mol. The Bertz CT molecular complexity index is 844. The Kier molecular flexibility index (Phi) is 5.98. The highest BCUT2D eigenvalue weighted by molar-refractivity contribution is 6.76. The van der Waals surface area contributed by atoms with Crippen molar-refractivity contribution in [2.45, 2.75) is 43.9 Å². The molecule has 1 aromatic rings. The van der Waals surface area contributed by atoms with Crippen LogP contribution in [-0.4, -0.2) is 44.0 Å². The van der Waals surface area contributed by atoms with E-state index in [0.29, 0.717) is 12.2 Å². The predicted octanol–water partition coefficient (Wildman–Crippen LogP) is 2.96. The predicted molar refractivity (Wildman–Crippen MR) is 113 cm³/mol. The zero-order valence-electron chi connectivity index (χ0n) is 17.2. The summed E-state index contributed by atoms with van der Waals surface area (Å²) in [6.45, 7) is 10.8. The molecule has 4 rings (SSSR count). The minimum atomic E-state index is -1.37. The van der Waals surface area contributed by atoms with Gasteiger partial charge >= 0.3 is 5.97 Å². The fourth-order valence-electron chi connectivity index (χ4n) is 4.44. The van der Waals surface area contributed by atoms with Gasteiger partial charge < -0.3 is 15.2 Å². The molecule has 2 N–H and O–H groups in total. The fraction of sp³-hybridized carbons (Fsp3) is 0.500. The van der Waals surface area contributed by atoms with Gasteiger partial charge in [-0.05, 0) is 29.3 Å². The van der Waals surface area contributed by atoms with Gasteiger partial charge in [0.1, 0.15) is 11.5 Å². The van der Waals surface area contributed by atoms with Crippen molar-refractivity contribution in [2.24, 2.45) is 11.8 Å². The standard InChI is InChI=1S/C22H29NO5Si/c1-5-8-23-21(26)20-18-15-11-13(24)6-7-14(15)16(12-17(18)25)19(20)22(27)28-9-10-29(2,3)4/h5-7,11,16,18-20,24H,1,8-10,12H2,2-4H3,(H,23,26)/t16-,18-,19-,20-/m1/s1. The molecule has 0 aliphatic heterocycles. The maximum atomic E-state index is 13.1. The lowest BCUT2D eigenvalue weighted by Crippen LogP contribution is -2.53. The van der Waals surface area contributed by atoms with Crippen LogP contribution < -0.4 is 5.32 Å². The van der Waals surface area contributed by atoms with Gasteiger partial charge in [0.25, 0.3) is 0 Å². The molecule has 0 radical (unpaired) electrons. The molecule has 156 valence electrons. The Hall–Kier alpha value is -2.41. The van der Waals surface area contributed by atoms with Crippen LogP contribution in [0.25, 0.3) is 0 Å². The highest BCUT2D eigenvalue weighted by Gasteiger charge is 2.57. The van der Waals surface area contributed by atoms with Gasteiger partial charge in [-0.2, -0.15) is 0 Å². The van der Waals surface area contributed by atoms with Gasteiger partial charge in [0.15, 0.2) is 0 Å². The van der Waals surface area contributed by atoms with E-state index in [1.807, 2.05) is 0 Å². The van der Waals surface area contributed by atoms with Crippen molar-refractivity contribution in [1.82, 2.24) is 5.32 Å². The SMILES string of the molecule is C=CCNC(=O)[C@H]1[C@H](C(=O)OCC[Si](C)(C)C)[C@@H]2CC(=O)[C@H]1c1cc(O)ccc12. The van der Waals surface area contributed by atoms with Crippen LogP contribution in [-0.2, 0) is 19.1 Å². The summed E-state index contributed by atoms with van der Waals surface area (Å²) in [6.07, 6.45) is 1.77. The number of hydrogen-bond acceptors (Lipinski definition) is 5. The molecule has 1 aromatic carbocycles. The zero-order chi connectivity index (χ0) is 21.3. The summed E-state index contributed by atoms with van der Waals surface area (Å²) < 4.78 is 5.60. The van der Waals surface area contributed by atoms with Crippen molar-refractivity contribution in [1.29, 1.82) is 0 Å². The van der Waals surface area contributed by atoms with Gasteiger partial charge in [-0.1, -0.05) is 31.8 Å². The zero-order valence-corrected chi connectivity index (χ0v) is 18.2. The molecule has 0 spiro atoms. The molecule has 1 fully saturated rings. The minimum Gasteiger partial charge on any atom is -0.508 e. The summed E-state index contributed by atoms with van der Waals surface area (Å²) >= 11 is 0. The number of esters is 1. The Morgan fingerprint density at radius 1 is 1.28 bits per heavy atom. The quantitative estimate of drug-likeness (QED) is 0.406. The van der Waals surface area contributed by atoms with E-state index in [4.69, 9.17) is 4.74 Å². The number of phenols is 1. The molecular weight excluding hydrogens is 386 g/mol. The average Bonchev–Trinajstić information content (AvgIpc) is 2.64. The molecule has 1 amide bonds. The van der Waals surface area contributed by atoms with Crippen molar-refractivity contribution in [2.75, 3.05) is 13.2 Å². The smallest absolute Gasteiger partial charge is 0.310 e. The molecule has 0 aromatic heterocycles. The second-order valence-corrected chi connectivity index (χ2v) is 14.8. The van der Waals surface area contributed by atoms with Crippen LogP contribution in [0.15, 0.2) is 30.9 Å². The number of ether oxygens (including phenoxy) is 1. The number of rotatable bonds is 7. The third-order valence-corrected chi connectivity index (χ3v) is 7.55. The number of hydrogen-bond donors (Lipinski definition) is 2. The lowest BCUT2D eigenvalue weighted by molar-refractivity contribution is -0.158. The molecule has 3 aliphatic carbocycles. The Balaban J connectivity index is 1.95. The van der Waals surface area contributed by atoms with Crippen molar-refractivity contribution in [3.05, 3.63) is 42.0 Å². The van der Waals surface area contributed by atoms with Crippen LogP contribution in [0.5, 0.6) is 5.75 Å². The number of amides is 1. The summed E-state index contributed by atoms with van der Waals surface area (Å²) in [5.41, 5.74) is 1.50. The number of nitrogens with one attached hydrogen (secondary N) is 1. The highest BCUT2D eigenvalue weighted by atomic mass is 28.3. The first-order chi connectivity index (χ1) is 13.6. The Morgan fingerprint density at radius 3 is 2.66 bits per heavy atom. The molecule has 0 heterocycles. The molecule has 29 heavy (non-hydrogen) atoms. The second-order valence-electron chi connectivity index (χ2n) is 9.13. The summed E-state index contributed by atoms with van der Waals surface area (Å²) in [6, 6.07) is 5.71. The summed E-state index contributed by atoms with van der Waals surface area (Å²) in [5, 5.41) is 12.7. The largest absolute Gasteiger partial charge is 0.508 e. The van der Waals surface area contributed by atoms with E-state index in [2.05, 4.69) is 31.5 Å². The maximum Gasteiger partial charge on any atom is 0.310 e. The van der Waals surface area contributed by atoms with E-state index in [1.54, 1.807) is 24.3 Å². The van der Waals surface area contributed by atoms with Crippen molar-refractivity contribution >= 4 is 25.7 Å². The molecule has 2 bridgehead atoms. The topological polar surface area (TPSA) is 92.7 Å². The molecule has 4 atom stereocenters. The third-order valence-electron chi connectivity index (χ3n) is 5.84. The first-order valence-electron chi connectivity index (χ1n) is 10.0. The van der Waals surface area contributed by atoms with Gasteiger partial charge in [0.2, 0.25) is 5.91 Å². The number of aromatic hydroxyl groups is 1. The highest BCUT2D eigenvalue weighted by Crippen LogP contribution is 2.55. The number of carbonyl (C=O) groups excluding carboxylic acids is 3. The lowest BCUT2D eigenvalue weighted by atomic mass is 9.55. The monoisotopic (exact) mass is 415 g/mol. The van der Waals surface area contributed by atoms with E-state index < -0.39 is 37.7 Å².